The molecule has 0 heterocycles. The van der Waals surface area contributed by atoms with Crippen molar-refractivity contribution >= 4 is 0 Å². The van der Waals surface area contributed by atoms with Crippen LogP contribution in [-0.4, -0.2) is 12.6 Å². The monoisotopic (exact) mass is 271 g/mol. The van der Waals surface area contributed by atoms with Gasteiger partial charge in [-0.15, -0.1) is 0 Å². The van der Waals surface area contributed by atoms with Crippen LogP contribution in [0.15, 0.2) is 35.9 Å². The molecular formula is C15H20F3N. The number of halogens is 3. The maximum absolute atomic E-state index is 12.6. The van der Waals surface area contributed by atoms with Crippen molar-refractivity contribution in [3.63, 3.8) is 0 Å². The highest BCUT2D eigenvalue weighted by atomic mass is 19.4. The predicted molar refractivity (Wildman–Crippen MR) is 72.0 cm³/mol. The van der Waals surface area contributed by atoms with Gasteiger partial charge in [-0.05, 0) is 38.8 Å². The highest BCUT2D eigenvalue weighted by molar-refractivity contribution is 5.26. The zero-order valence-electron chi connectivity index (χ0n) is 11.5. The lowest BCUT2D eigenvalue weighted by atomic mass is 10.0. The van der Waals surface area contributed by atoms with Gasteiger partial charge in [-0.1, -0.05) is 29.8 Å². The number of hydrogen-bond acceptors (Lipinski definition) is 1. The normalized spacial score (nSPS) is 13.2. The maximum Gasteiger partial charge on any atom is 0.416 e. The fraction of sp³-hybridized carbons (Fsp3) is 0.467. The van der Waals surface area contributed by atoms with Crippen LogP contribution in [0.5, 0.6) is 0 Å². The topological polar surface area (TPSA) is 12.0 Å². The molecule has 1 nitrogen and oxygen atoms in total. The number of allylic oxidation sites excluding steroid dienone is 1. The summed E-state index contributed by atoms with van der Waals surface area (Å²) in [7, 11) is 0. The van der Waals surface area contributed by atoms with Crippen LogP contribution in [0.1, 0.15) is 31.9 Å². The summed E-state index contributed by atoms with van der Waals surface area (Å²) in [5.74, 6) is 0. The first-order chi connectivity index (χ1) is 8.79. The molecule has 0 aliphatic rings. The first kappa shape index (κ1) is 15.8. The number of alkyl halides is 3. The molecule has 106 valence electrons. The summed E-state index contributed by atoms with van der Waals surface area (Å²) in [5, 5.41) is 3.26. The fourth-order valence-corrected chi connectivity index (χ4v) is 1.76. The number of nitrogens with one attached hydrogen (secondary N) is 1. The van der Waals surface area contributed by atoms with E-state index in [1.165, 1.54) is 17.7 Å². The van der Waals surface area contributed by atoms with Gasteiger partial charge in [-0.25, -0.2) is 0 Å². The van der Waals surface area contributed by atoms with Crippen molar-refractivity contribution < 1.29 is 13.2 Å². The summed E-state index contributed by atoms with van der Waals surface area (Å²) < 4.78 is 37.7. The first-order valence-corrected chi connectivity index (χ1v) is 6.32. The molecule has 0 aromatic heterocycles. The van der Waals surface area contributed by atoms with E-state index in [1.54, 1.807) is 6.07 Å². The Hall–Kier alpha value is -1.29. The number of rotatable bonds is 5. The van der Waals surface area contributed by atoms with Crippen LogP contribution >= 0.6 is 0 Å². The molecule has 1 aromatic carbocycles. The van der Waals surface area contributed by atoms with Crippen molar-refractivity contribution in [3.8, 4) is 0 Å². The Balaban J connectivity index is 2.60. The van der Waals surface area contributed by atoms with E-state index < -0.39 is 11.7 Å². The largest absolute Gasteiger partial charge is 0.416 e. The van der Waals surface area contributed by atoms with E-state index >= 15 is 0 Å². The number of hydrogen-bond donors (Lipinski definition) is 1. The molecule has 1 rings (SSSR count). The van der Waals surface area contributed by atoms with Crippen molar-refractivity contribution in [1.29, 1.82) is 0 Å². The summed E-state index contributed by atoms with van der Waals surface area (Å²) in [6, 6.07) is 5.65. The van der Waals surface area contributed by atoms with Gasteiger partial charge in [0.15, 0.2) is 0 Å². The van der Waals surface area contributed by atoms with Crippen molar-refractivity contribution in [1.82, 2.24) is 5.32 Å². The molecule has 0 bridgehead atoms. The minimum atomic E-state index is -4.27. The van der Waals surface area contributed by atoms with Crippen molar-refractivity contribution in [2.45, 2.75) is 39.4 Å². The van der Waals surface area contributed by atoms with Crippen LogP contribution in [0.25, 0.3) is 0 Å². The van der Waals surface area contributed by atoms with Crippen molar-refractivity contribution in [2.24, 2.45) is 0 Å². The van der Waals surface area contributed by atoms with Crippen LogP contribution < -0.4 is 5.32 Å². The molecule has 0 fully saturated rings. The molecule has 0 aliphatic heterocycles. The van der Waals surface area contributed by atoms with Crippen LogP contribution in [0.4, 0.5) is 13.2 Å². The second-order valence-corrected chi connectivity index (χ2v) is 4.99. The molecule has 1 atom stereocenters. The lowest BCUT2D eigenvalue weighted by molar-refractivity contribution is -0.137. The molecule has 4 heteroatoms. The third-order valence-electron chi connectivity index (χ3n) is 2.77. The summed E-state index contributed by atoms with van der Waals surface area (Å²) in [6.07, 6.45) is -1.63. The third-order valence-corrected chi connectivity index (χ3v) is 2.77. The fourth-order valence-electron chi connectivity index (χ4n) is 1.76. The van der Waals surface area contributed by atoms with E-state index in [0.717, 1.165) is 12.6 Å². The zero-order chi connectivity index (χ0) is 14.5. The molecule has 0 amide bonds. The quantitative estimate of drug-likeness (QED) is 0.792. The minimum Gasteiger partial charge on any atom is -0.310 e. The molecule has 0 spiro atoms. The van der Waals surface area contributed by atoms with Crippen LogP contribution in [-0.2, 0) is 12.6 Å². The van der Waals surface area contributed by atoms with Crippen LogP contribution in [0, 0.1) is 0 Å². The van der Waals surface area contributed by atoms with Crippen molar-refractivity contribution in [3.05, 3.63) is 47.0 Å². The minimum absolute atomic E-state index is 0.138. The van der Waals surface area contributed by atoms with Crippen LogP contribution in [0.2, 0.25) is 0 Å². The number of benzene rings is 1. The molecule has 0 aliphatic carbocycles. The zero-order valence-corrected chi connectivity index (χ0v) is 11.5. The summed E-state index contributed by atoms with van der Waals surface area (Å²) in [5.41, 5.74) is 1.34. The standard InChI is InChI=1S/C15H20F3N/c1-11(2)7-8-19-12(3)9-13-5-4-6-14(10-13)15(16,17)18/h4-7,10,12,19H,8-9H2,1-3H3. The summed E-state index contributed by atoms with van der Waals surface area (Å²) in [6.45, 7) is 6.74. The van der Waals surface area contributed by atoms with Crippen molar-refractivity contribution in [2.75, 3.05) is 6.54 Å². The van der Waals surface area contributed by atoms with E-state index in [0.29, 0.717) is 12.0 Å². The molecule has 0 saturated heterocycles. The van der Waals surface area contributed by atoms with E-state index in [4.69, 9.17) is 0 Å². The third kappa shape index (κ3) is 5.92. The van der Waals surface area contributed by atoms with E-state index in [1.807, 2.05) is 20.8 Å². The highest BCUT2D eigenvalue weighted by Crippen LogP contribution is 2.29. The van der Waals surface area contributed by atoms with Gasteiger partial charge in [0.1, 0.15) is 0 Å². The van der Waals surface area contributed by atoms with E-state index in [9.17, 15) is 13.2 Å². The van der Waals surface area contributed by atoms with Gasteiger partial charge in [0.05, 0.1) is 5.56 Å². The predicted octanol–water partition coefficient (Wildman–Crippen LogP) is 4.19. The molecular weight excluding hydrogens is 251 g/mol. The van der Waals surface area contributed by atoms with Crippen LogP contribution in [0.3, 0.4) is 0 Å². The molecule has 1 N–H and O–H groups in total. The Kier molecular flexibility index (Phi) is 5.60. The molecule has 0 radical (unpaired) electrons. The molecule has 1 unspecified atom stereocenters. The van der Waals surface area contributed by atoms with Gasteiger partial charge in [-0.2, -0.15) is 13.2 Å². The highest BCUT2D eigenvalue weighted by Gasteiger charge is 2.30. The lowest BCUT2D eigenvalue weighted by Crippen LogP contribution is -2.28. The summed E-state index contributed by atoms with van der Waals surface area (Å²) >= 11 is 0. The maximum atomic E-state index is 12.6. The average Bonchev–Trinajstić information content (AvgIpc) is 2.27. The Morgan fingerprint density at radius 1 is 1.32 bits per heavy atom. The SMILES string of the molecule is CC(C)=CCNC(C)Cc1cccc(C(F)(F)F)c1. The lowest BCUT2D eigenvalue weighted by Gasteiger charge is -2.14. The second-order valence-electron chi connectivity index (χ2n) is 4.99. The van der Waals surface area contributed by atoms with Gasteiger partial charge in [-0.3, -0.25) is 0 Å². The van der Waals surface area contributed by atoms with E-state index in [2.05, 4.69) is 11.4 Å². The van der Waals surface area contributed by atoms with Gasteiger partial charge >= 0.3 is 6.18 Å². The molecule has 19 heavy (non-hydrogen) atoms. The Labute approximate surface area is 112 Å². The molecule has 1 aromatic rings. The smallest absolute Gasteiger partial charge is 0.310 e. The Bertz CT molecular complexity index is 431. The van der Waals surface area contributed by atoms with E-state index in [-0.39, 0.29) is 6.04 Å². The first-order valence-electron chi connectivity index (χ1n) is 6.32. The van der Waals surface area contributed by atoms with Gasteiger partial charge < -0.3 is 5.32 Å². The Morgan fingerprint density at radius 2 is 2.00 bits per heavy atom. The summed E-state index contributed by atoms with van der Waals surface area (Å²) in [4.78, 5) is 0. The second kappa shape index (κ2) is 6.75. The average molecular weight is 271 g/mol. The molecule has 0 saturated carbocycles. The Morgan fingerprint density at radius 3 is 2.58 bits per heavy atom. The van der Waals surface area contributed by atoms with Gasteiger partial charge in [0.2, 0.25) is 0 Å². The van der Waals surface area contributed by atoms with Gasteiger partial charge in [0, 0.05) is 12.6 Å². The van der Waals surface area contributed by atoms with Gasteiger partial charge in [0.25, 0.3) is 0 Å².